The van der Waals surface area contributed by atoms with E-state index in [9.17, 15) is 13.2 Å². The molecule has 0 aliphatic rings. The smallest absolute Gasteiger partial charge is 0.401 e. The van der Waals surface area contributed by atoms with Crippen molar-refractivity contribution in [1.29, 1.82) is 0 Å². The molecule has 1 atom stereocenters. The van der Waals surface area contributed by atoms with Crippen LogP contribution in [0.1, 0.15) is 12.5 Å². The molecule has 0 aromatic heterocycles. The van der Waals surface area contributed by atoms with Gasteiger partial charge in [-0.3, -0.25) is 0 Å². The zero-order chi connectivity index (χ0) is 13.8. The van der Waals surface area contributed by atoms with Crippen LogP contribution in [0.2, 0.25) is 0 Å². The largest absolute Gasteiger partial charge is 0.489 e. The topological polar surface area (TPSA) is 21.3 Å². The quantitative estimate of drug-likeness (QED) is 0.891. The standard InChI is InChI=1S/C12H15BrF3NO/c1-8-3-4-10(13)5-11(8)18-9(2)6-17-7-12(14,15)16/h3-5,9,17H,6-7H2,1-2H3. The van der Waals surface area contributed by atoms with Gasteiger partial charge in [0.25, 0.3) is 0 Å². The number of aryl methyl sites for hydroxylation is 1. The van der Waals surface area contributed by atoms with Crippen LogP contribution in [0.4, 0.5) is 13.2 Å². The van der Waals surface area contributed by atoms with Crippen molar-refractivity contribution in [1.82, 2.24) is 5.32 Å². The highest BCUT2D eigenvalue weighted by Crippen LogP contribution is 2.23. The van der Waals surface area contributed by atoms with Crippen LogP contribution in [0.15, 0.2) is 22.7 Å². The van der Waals surface area contributed by atoms with E-state index in [2.05, 4.69) is 21.2 Å². The molecule has 1 N–H and O–H groups in total. The van der Waals surface area contributed by atoms with E-state index in [4.69, 9.17) is 4.74 Å². The molecule has 0 bridgehead atoms. The second-order valence-corrected chi connectivity index (χ2v) is 5.00. The molecule has 0 spiro atoms. The number of benzene rings is 1. The Labute approximate surface area is 113 Å². The first-order valence-corrected chi connectivity index (χ1v) is 6.27. The predicted octanol–water partition coefficient (Wildman–Crippen LogP) is 3.68. The zero-order valence-corrected chi connectivity index (χ0v) is 11.7. The van der Waals surface area contributed by atoms with Gasteiger partial charge in [-0.1, -0.05) is 22.0 Å². The van der Waals surface area contributed by atoms with Crippen molar-refractivity contribution < 1.29 is 17.9 Å². The van der Waals surface area contributed by atoms with Gasteiger partial charge in [-0.15, -0.1) is 0 Å². The van der Waals surface area contributed by atoms with Gasteiger partial charge < -0.3 is 10.1 Å². The summed E-state index contributed by atoms with van der Waals surface area (Å²) in [6.07, 6.45) is -4.52. The van der Waals surface area contributed by atoms with Gasteiger partial charge in [0.1, 0.15) is 11.9 Å². The van der Waals surface area contributed by atoms with E-state index in [1.807, 2.05) is 19.1 Å². The molecule has 0 heterocycles. The molecule has 1 unspecified atom stereocenters. The highest BCUT2D eigenvalue weighted by atomic mass is 79.9. The first-order valence-electron chi connectivity index (χ1n) is 5.48. The van der Waals surface area contributed by atoms with Crippen molar-refractivity contribution in [2.24, 2.45) is 0 Å². The maximum Gasteiger partial charge on any atom is 0.401 e. The van der Waals surface area contributed by atoms with E-state index in [0.717, 1.165) is 10.0 Å². The predicted molar refractivity (Wildman–Crippen MR) is 67.9 cm³/mol. The van der Waals surface area contributed by atoms with Crippen LogP contribution in [0.5, 0.6) is 5.75 Å². The number of hydrogen-bond acceptors (Lipinski definition) is 2. The van der Waals surface area contributed by atoms with Crippen LogP contribution >= 0.6 is 15.9 Å². The first-order chi connectivity index (χ1) is 8.28. The molecular weight excluding hydrogens is 311 g/mol. The summed E-state index contributed by atoms with van der Waals surface area (Å²) >= 11 is 3.32. The number of rotatable bonds is 5. The highest BCUT2D eigenvalue weighted by molar-refractivity contribution is 9.10. The SMILES string of the molecule is Cc1ccc(Br)cc1OC(C)CNCC(F)(F)F. The average Bonchev–Trinajstić information content (AvgIpc) is 2.21. The lowest BCUT2D eigenvalue weighted by Gasteiger charge is -2.17. The van der Waals surface area contributed by atoms with Gasteiger partial charge in [0, 0.05) is 11.0 Å². The molecule has 6 heteroatoms. The minimum Gasteiger partial charge on any atom is -0.489 e. The van der Waals surface area contributed by atoms with Gasteiger partial charge in [-0.2, -0.15) is 13.2 Å². The van der Waals surface area contributed by atoms with Gasteiger partial charge >= 0.3 is 6.18 Å². The molecule has 1 rings (SSSR count). The summed E-state index contributed by atoms with van der Waals surface area (Å²) in [4.78, 5) is 0. The van der Waals surface area contributed by atoms with E-state index in [1.165, 1.54) is 0 Å². The summed E-state index contributed by atoms with van der Waals surface area (Å²) in [5.41, 5.74) is 0.945. The number of nitrogens with one attached hydrogen (secondary N) is 1. The van der Waals surface area contributed by atoms with Crippen molar-refractivity contribution >= 4 is 15.9 Å². The van der Waals surface area contributed by atoms with Gasteiger partial charge in [0.15, 0.2) is 0 Å². The summed E-state index contributed by atoms with van der Waals surface area (Å²) in [5.74, 6) is 0.672. The Bertz CT molecular complexity index is 395. The Morgan fingerprint density at radius 1 is 1.39 bits per heavy atom. The second kappa shape index (κ2) is 6.43. The minimum atomic E-state index is -4.19. The third-order valence-electron chi connectivity index (χ3n) is 2.24. The summed E-state index contributed by atoms with van der Waals surface area (Å²) in [7, 11) is 0. The molecule has 0 aliphatic carbocycles. The summed E-state index contributed by atoms with van der Waals surface area (Å²) in [6, 6.07) is 5.57. The third kappa shape index (κ3) is 5.73. The fourth-order valence-corrected chi connectivity index (χ4v) is 1.72. The van der Waals surface area contributed by atoms with E-state index in [1.54, 1.807) is 13.0 Å². The van der Waals surface area contributed by atoms with Crippen molar-refractivity contribution in [2.75, 3.05) is 13.1 Å². The van der Waals surface area contributed by atoms with Crippen LogP contribution in [0.3, 0.4) is 0 Å². The monoisotopic (exact) mass is 325 g/mol. The Kier molecular flexibility index (Phi) is 5.47. The van der Waals surface area contributed by atoms with Gasteiger partial charge in [0.05, 0.1) is 6.54 Å². The van der Waals surface area contributed by atoms with Crippen LogP contribution < -0.4 is 10.1 Å². The summed E-state index contributed by atoms with van der Waals surface area (Å²) in [6.45, 7) is 2.75. The maximum atomic E-state index is 11.9. The molecule has 0 radical (unpaired) electrons. The van der Waals surface area contributed by atoms with Crippen molar-refractivity contribution in [3.8, 4) is 5.75 Å². The Morgan fingerprint density at radius 3 is 2.67 bits per heavy atom. The molecule has 1 aromatic carbocycles. The lowest BCUT2D eigenvalue weighted by Crippen LogP contribution is -2.35. The molecule has 102 valence electrons. The molecule has 0 amide bonds. The number of halogens is 4. The number of ether oxygens (including phenoxy) is 1. The highest BCUT2D eigenvalue weighted by Gasteiger charge is 2.26. The van der Waals surface area contributed by atoms with Crippen molar-refractivity contribution in [3.05, 3.63) is 28.2 Å². The van der Waals surface area contributed by atoms with E-state index in [0.29, 0.717) is 5.75 Å². The van der Waals surface area contributed by atoms with E-state index in [-0.39, 0.29) is 12.6 Å². The van der Waals surface area contributed by atoms with Crippen LogP contribution in [0.25, 0.3) is 0 Å². The van der Waals surface area contributed by atoms with Gasteiger partial charge in [-0.05, 0) is 31.5 Å². The second-order valence-electron chi connectivity index (χ2n) is 4.08. The maximum absolute atomic E-state index is 11.9. The Hall–Kier alpha value is -0.750. The van der Waals surface area contributed by atoms with Crippen molar-refractivity contribution in [2.45, 2.75) is 26.1 Å². The first kappa shape index (κ1) is 15.3. The fourth-order valence-electron chi connectivity index (χ4n) is 1.38. The van der Waals surface area contributed by atoms with Crippen molar-refractivity contribution in [3.63, 3.8) is 0 Å². The van der Waals surface area contributed by atoms with Crippen LogP contribution in [-0.4, -0.2) is 25.4 Å². The molecule has 0 saturated carbocycles. The molecule has 0 fully saturated rings. The Morgan fingerprint density at radius 2 is 2.06 bits per heavy atom. The minimum absolute atomic E-state index is 0.144. The lowest BCUT2D eigenvalue weighted by molar-refractivity contribution is -0.125. The van der Waals surface area contributed by atoms with Crippen LogP contribution in [0, 0.1) is 6.92 Å². The Balaban J connectivity index is 2.44. The molecule has 2 nitrogen and oxygen atoms in total. The van der Waals surface area contributed by atoms with Crippen LogP contribution in [-0.2, 0) is 0 Å². The number of hydrogen-bond donors (Lipinski definition) is 1. The van der Waals surface area contributed by atoms with Gasteiger partial charge in [-0.25, -0.2) is 0 Å². The molecule has 1 aromatic rings. The van der Waals surface area contributed by atoms with E-state index < -0.39 is 12.7 Å². The summed E-state index contributed by atoms with van der Waals surface area (Å²) in [5, 5.41) is 2.32. The normalized spacial score (nSPS) is 13.4. The molecule has 18 heavy (non-hydrogen) atoms. The van der Waals surface area contributed by atoms with Gasteiger partial charge in [0.2, 0.25) is 0 Å². The molecular formula is C12H15BrF3NO. The molecule has 0 aliphatic heterocycles. The summed E-state index contributed by atoms with van der Waals surface area (Å²) < 4.78 is 42.3. The molecule has 0 saturated heterocycles. The van der Waals surface area contributed by atoms with E-state index >= 15 is 0 Å². The fraction of sp³-hybridized carbons (Fsp3) is 0.500. The third-order valence-corrected chi connectivity index (χ3v) is 2.73. The number of alkyl halides is 3. The zero-order valence-electron chi connectivity index (χ0n) is 10.1. The lowest BCUT2D eigenvalue weighted by atomic mass is 10.2. The average molecular weight is 326 g/mol.